The Balaban J connectivity index is 1.42. The topological polar surface area (TPSA) is 65.8 Å². The van der Waals surface area contributed by atoms with Gasteiger partial charge in [-0.3, -0.25) is 9.79 Å². The summed E-state index contributed by atoms with van der Waals surface area (Å²) in [6, 6.07) is 8.75. The second kappa shape index (κ2) is 8.68. The van der Waals surface area contributed by atoms with E-state index in [9.17, 15) is 4.79 Å². The standard InChI is InChI=1S/C22H30N6O/c1-3-23-22(25-16-18-9-8-17-6-4-5-7-19(17)18)28-14-12-27(13-15-28)20-21(29)26(2)11-10-24-20/h4-7,10-11,18H,3,8-9,12-16H2,1-2H3,(H,23,25). The predicted molar refractivity (Wildman–Crippen MR) is 117 cm³/mol. The van der Waals surface area contributed by atoms with Gasteiger partial charge in [0, 0.05) is 64.6 Å². The number of hydrogen-bond donors (Lipinski definition) is 1. The van der Waals surface area contributed by atoms with Crippen molar-refractivity contribution in [3.8, 4) is 0 Å². The van der Waals surface area contributed by atoms with Crippen LogP contribution in [0.15, 0.2) is 46.4 Å². The first kappa shape index (κ1) is 19.5. The zero-order chi connectivity index (χ0) is 20.2. The Bertz CT molecular complexity index is 929. The lowest BCUT2D eigenvalue weighted by atomic mass is 10.0. The van der Waals surface area contributed by atoms with Crippen LogP contribution in [-0.2, 0) is 13.5 Å². The summed E-state index contributed by atoms with van der Waals surface area (Å²) in [5.74, 6) is 2.03. The van der Waals surface area contributed by atoms with Crippen molar-refractivity contribution < 1.29 is 0 Å². The number of piperazine rings is 1. The molecule has 2 aliphatic rings. The van der Waals surface area contributed by atoms with E-state index in [-0.39, 0.29) is 5.56 Å². The van der Waals surface area contributed by atoms with E-state index in [0.29, 0.717) is 11.7 Å². The number of nitrogens with zero attached hydrogens (tertiary/aromatic N) is 5. The molecule has 4 rings (SSSR count). The predicted octanol–water partition coefficient (Wildman–Crippen LogP) is 1.60. The molecule has 1 N–H and O–H groups in total. The van der Waals surface area contributed by atoms with E-state index < -0.39 is 0 Å². The number of fused-ring (bicyclic) bond motifs is 1. The summed E-state index contributed by atoms with van der Waals surface area (Å²) in [5.41, 5.74) is 2.90. The summed E-state index contributed by atoms with van der Waals surface area (Å²) in [5, 5.41) is 3.45. The molecule has 0 spiro atoms. The second-order valence-electron chi connectivity index (χ2n) is 7.77. The smallest absolute Gasteiger partial charge is 0.293 e. The third-order valence-corrected chi connectivity index (χ3v) is 5.93. The first-order valence-electron chi connectivity index (χ1n) is 10.5. The van der Waals surface area contributed by atoms with Crippen molar-refractivity contribution in [2.75, 3.05) is 44.2 Å². The molecule has 1 aliphatic carbocycles. The Morgan fingerprint density at radius 1 is 1.24 bits per heavy atom. The summed E-state index contributed by atoms with van der Waals surface area (Å²) >= 11 is 0. The maximum absolute atomic E-state index is 12.3. The number of aryl methyl sites for hydroxylation is 2. The van der Waals surface area contributed by atoms with E-state index in [1.807, 2.05) is 0 Å². The highest BCUT2D eigenvalue weighted by atomic mass is 16.1. The van der Waals surface area contributed by atoms with Gasteiger partial charge in [0.25, 0.3) is 5.56 Å². The second-order valence-corrected chi connectivity index (χ2v) is 7.77. The summed E-state index contributed by atoms with van der Waals surface area (Å²) < 4.78 is 1.58. The number of benzene rings is 1. The van der Waals surface area contributed by atoms with Crippen molar-refractivity contribution in [1.29, 1.82) is 0 Å². The molecule has 1 unspecified atom stereocenters. The molecule has 0 bridgehead atoms. The van der Waals surface area contributed by atoms with Crippen molar-refractivity contribution in [3.63, 3.8) is 0 Å². The minimum atomic E-state index is -0.0403. The van der Waals surface area contributed by atoms with Crippen molar-refractivity contribution in [1.82, 2.24) is 19.8 Å². The quantitative estimate of drug-likeness (QED) is 0.630. The van der Waals surface area contributed by atoms with E-state index in [1.165, 1.54) is 17.5 Å². The monoisotopic (exact) mass is 394 g/mol. The fourth-order valence-corrected chi connectivity index (χ4v) is 4.29. The van der Waals surface area contributed by atoms with Gasteiger partial charge in [0.2, 0.25) is 0 Å². The fourth-order valence-electron chi connectivity index (χ4n) is 4.29. The van der Waals surface area contributed by atoms with Crippen LogP contribution in [0.5, 0.6) is 0 Å². The van der Waals surface area contributed by atoms with Crippen LogP contribution in [-0.4, -0.2) is 59.7 Å². The highest BCUT2D eigenvalue weighted by Crippen LogP contribution is 2.32. The molecule has 1 atom stereocenters. The summed E-state index contributed by atoms with van der Waals surface area (Å²) in [6.07, 6.45) is 5.72. The van der Waals surface area contributed by atoms with E-state index in [2.05, 4.69) is 51.3 Å². The molecule has 1 aromatic heterocycles. The molecule has 7 heteroatoms. The third-order valence-electron chi connectivity index (χ3n) is 5.93. The largest absolute Gasteiger partial charge is 0.357 e. The number of anilines is 1. The van der Waals surface area contributed by atoms with Gasteiger partial charge in [-0.1, -0.05) is 24.3 Å². The van der Waals surface area contributed by atoms with Gasteiger partial charge in [0.1, 0.15) is 0 Å². The molecular formula is C22H30N6O. The summed E-state index contributed by atoms with van der Waals surface area (Å²) in [6.45, 7) is 6.96. The van der Waals surface area contributed by atoms with Gasteiger partial charge < -0.3 is 19.7 Å². The number of rotatable bonds is 4. The van der Waals surface area contributed by atoms with Crippen molar-refractivity contribution in [2.24, 2.45) is 12.0 Å². The van der Waals surface area contributed by atoms with Crippen LogP contribution < -0.4 is 15.8 Å². The van der Waals surface area contributed by atoms with Crippen LogP contribution in [0.3, 0.4) is 0 Å². The molecule has 1 fully saturated rings. The molecule has 7 nitrogen and oxygen atoms in total. The number of hydrogen-bond acceptors (Lipinski definition) is 4. The highest BCUT2D eigenvalue weighted by molar-refractivity contribution is 5.80. The number of aliphatic imine (C=N–C) groups is 1. The molecule has 0 radical (unpaired) electrons. The SMILES string of the molecule is CCNC(=NCC1CCc2ccccc21)N1CCN(c2nccn(C)c2=O)CC1. The van der Waals surface area contributed by atoms with Gasteiger partial charge in [-0.15, -0.1) is 0 Å². The normalized spacial score (nSPS) is 19.4. The van der Waals surface area contributed by atoms with Crippen molar-refractivity contribution >= 4 is 11.8 Å². The average molecular weight is 395 g/mol. The summed E-state index contributed by atoms with van der Waals surface area (Å²) in [7, 11) is 1.76. The van der Waals surface area contributed by atoms with Gasteiger partial charge in [-0.25, -0.2) is 4.98 Å². The maximum atomic E-state index is 12.3. The van der Waals surface area contributed by atoms with Crippen LogP contribution in [0.1, 0.15) is 30.4 Å². The van der Waals surface area contributed by atoms with E-state index in [0.717, 1.165) is 51.6 Å². The van der Waals surface area contributed by atoms with Crippen LogP contribution in [0.25, 0.3) is 0 Å². The van der Waals surface area contributed by atoms with Crippen LogP contribution in [0, 0.1) is 0 Å². The van der Waals surface area contributed by atoms with Gasteiger partial charge in [0.15, 0.2) is 11.8 Å². The number of guanidine groups is 1. The molecule has 0 saturated carbocycles. The molecule has 1 aliphatic heterocycles. The Morgan fingerprint density at radius 2 is 2.03 bits per heavy atom. The van der Waals surface area contributed by atoms with Crippen molar-refractivity contribution in [3.05, 3.63) is 58.1 Å². The van der Waals surface area contributed by atoms with Gasteiger partial charge >= 0.3 is 0 Å². The van der Waals surface area contributed by atoms with Gasteiger partial charge in [-0.05, 0) is 30.9 Å². The first-order chi connectivity index (χ1) is 14.2. The molecular weight excluding hydrogens is 364 g/mol. The lowest BCUT2D eigenvalue weighted by molar-refractivity contribution is 0.370. The summed E-state index contributed by atoms with van der Waals surface area (Å²) in [4.78, 5) is 26.0. The maximum Gasteiger partial charge on any atom is 0.293 e. The first-order valence-corrected chi connectivity index (χ1v) is 10.5. The highest BCUT2D eigenvalue weighted by Gasteiger charge is 2.24. The zero-order valence-electron chi connectivity index (χ0n) is 17.3. The molecule has 2 heterocycles. The zero-order valence-corrected chi connectivity index (χ0v) is 17.3. The molecule has 0 amide bonds. The minimum Gasteiger partial charge on any atom is -0.357 e. The Kier molecular flexibility index (Phi) is 5.83. The fraction of sp³-hybridized carbons (Fsp3) is 0.500. The van der Waals surface area contributed by atoms with E-state index >= 15 is 0 Å². The minimum absolute atomic E-state index is 0.0403. The molecule has 154 valence electrons. The number of aromatic nitrogens is 2. The molecule has 1 aromatic carbocycles. The number of nitrogens with one attached hydrogen (secondary N) is 1. The Morgan fingerprint density at radius 3 is 2.83 bits per heavy atom. The molecule has 29 heavy (non-hydrogen) atoms. The van der Waals surface area contributed by atoms with Crippen molar-refractivity contribution in [2.45, 2.75) is 25.7 Å². The van der Waals surface area contributed by atoms with Gasteiger partial charge in [0.05, 0.1) is 0 Å². The molecule has 1 saturated heterocycles. The van der Waals surface area contributed by atoms with E-state index in [4.69, 9.17) is 4.99 Å². The Hall–Kier alpha value is -2.83. The third kappa shape index (κ3) is 4.13. The average Bonchev–Trinajstić information content (AvgIpc) is 3.16. The van der Waals surface area contributed by atoms with Crippen LogP contribution in [0.2, 0.25) is 0 Å². The lowest BCUT2D eigenvalue weighted by Gasteiger charge is -2.36. The van der Waals surface area contributed by atoms with Gasteiger partial charge in [-0.2, -0.15) is 0 Å². The van der Waals surface area contributed by atoms with Crippen LogP contribution in [0.4, 0.5) is 5.82 Å². The Labute approximate surface area is 172 Å². The molecule has 2 aromatic rings. The lowest BCUT2D eigenvalue weighted by Crippen LogP contribution is -2.53. The van der Waals surface area contributed by atoms with E-state index in [1.54, 1.807) is 24.0 Å². The van der Waals surface area contributed by atoms with Crippen LogP contribution >= 0.6 is 0 Å².